The molecule has 0 bridgehead atoms. The summed E-state index contributed by atoms with van der Waals surface area (Å²) in [5.74, 6) is 2.51. The zero-order valence-electron chi connectivity index (χ0n) is 9.82. The average Bonchev–Trinajstić information content (AvgIpc) is 2.32. The molecular weight excluding hydrogens is 316 g/mol. The first-order valence-corrected chi connectivity index (χ1v) is 7.73. The fourth-order valence-electron chi connectivity index (χ4n) is 1.36. The van der Waals surface area contributed by atoms with Gasteiger partial charge < -0.3 is 5.73 Å². The van der Waals surface area contributed by atoms with Crippen LogP contribution in [0, 0.1) is 12.3 Å². The second-order valence-electron chi connectivity index (χ2n) is 3.75. The fraction of sp³-hybridized carbons (Fsp3) is 0.333. The number of terminal acetylenes is 1. The van der Waals surface area contributed by atoms with Crippen molar-refractivity contribution in [1.29, 1.82) is 0 Å². The standard InChI is InChI=1S/C12H15BrN2O2S/c1-2-3-4-5-8-15-18(16,17)12-9-10(14)6-7-11(12)13/h1,6-7,9,15H,3-5,8,14H2. The lowest BCUT2D eigenvalue weighted by atomic mass is 10.2. The molecule has 0 fully saturated rings. The monoisotopic (exact) mass is 330 g/mol. The minimum Gasteiger partial charge on any atom is -0.399 e. The molecule has 0 spiro atoms. The maximum absolute atomic E-state index is 12.0. The predicted molar refractivity (Wildman–Crippen MR) is 76.4 cm³/mol. The van der Waals surface area contributed by atoms with Crippen LogP contribution in [0.4, 0.5) is 5.69 Å². The zero-order valence-corrected chi connectivity index (χ0v) is 12.2. The van der Waals surface area contributed by atoms with Gasteiger partial charge in [-0.2, -0.15) is 0 Å². The molecule has 0 amide bonds. The highest BCUT2D eigenvalue weighted by Gasteiger charge is 2.17. The summed E-state index contributed by atoms with van der Waals surface area (Å²) in [7, 11) is -3.53. The van der Waals surface area contributed by atoms with E-state index in [-0.39, 0.29) is 4.90 Å². The Kier molecular flexibility index (Phi) is 5.66. The number of nitrogens with two attached hydrogens (primary N) is 1. The van der Waals surface area contributed by atoms with E-state index in [1.54, 1.807) is 12.1 Å². The summed E-state index contributed by atoms with van der Waals surface area (Å²) in [5, 5.41) is 0. The van der Waals surface area contributed by atoms with E-state index in [1.807, 2.05) is 0 Å². The summed E-state index contributed by atoms with van der Waals surface area (Å²) in [6.07, 6.45) is 7.29. The first-order valence-electron chi connectivity index (χ1n) is 5.45. The number of unbranched alkanes of at least 4 members (excludes halogenated alkanes) is 2. The first kappa shape index (κ1) is 15.0. The van der Waals surface area contributed by atoms with Crippen molar-refractivity contribution in [3.8, 4) is 12.3 Å². The van der Waals surface area contributed by atoms with Gasteiger partial charge in [-0.25, -0.2) is 13.1 Å². The maximum atomic E-state index is 12.0. The van der Waals surface area contributed by atoms with Crippen molar-refractivity contribution in [1.82, 2.24) is 4.72 Å². The van der Waals surface area contributed by atoms with Gasteiger partial charge in [0.1, 0.15) is 0 Å². The zero-order chi connectivity index (χ0) is 13.6. The van der Waals surface area contributed by atoms with Crippen LogP contribution in [0.5, 0.6) is 0 Å². The van der Waals surface area contributed by atoms with Crippen molar-refractivity contribution in [2.24, 2.45) is 0 Å². The van der Waals surface area contributed by atoms with Crippen LogP contribution in [0.1, 0.15) is 19.3 Å². The van der Waals surface area contributed by atoms with E-state index in [2.05, 4.69) is 26.6 Å². The van der Waals surface area contributed by atoms with Gasteiger partial charge in [0.05, 0.1) is 4.90 Å². The SMILES string of the molecule is C#CCCCCNS(=O)(=O)c1cc(N)ccc1Br. The molecule has 1 rings (SSSR count). The summed E-state index contributed by atoms with van der Waals surface area (Å²) in [4.78, 5) is 0.152. The molecule has 0 saturated carbocycles. The van der Waals surface area contributed by atoms with Crippen LogP contribution in [0.25, 0.3) is 0 Å². The Morgan fingerprint density at radius 3 is 2.78 bits per heavy atom. The maximum Gasteiger partial charge on any atom is 0.241 e. The van der Waals surface area contributed by atoms with Crippen LogP contribution in [0.2, 0.25) is 0 Å². The number of nitrogens with one attached hydrogen (secondary N) is 1. The minimum atomic E-state index is -3.53. The Morgan fingerprint density at radius 1 is 1.39 bits per heavy atom. The van der Waals surface area contributed by atoms with Crippen LogP contribution < -0.4 is 10.5 Å². The number of sulfonamides is 1. The van der Waals surface area contributed by atoms with E-state index in [1.165, 1.54) is 6.07 Å². The number of halogens is 1. The molecule has 1 aromatic carbocycles. The Bertz CT molecular complexity index is 550. The Morgan fingerprint density at radius 2 is 2.11 bits per heavy atom. The largest absolute Gasteiger partial charge is 0.399 e. The molecule has 6 heteroatoms. The van der Waals surface area contributed by atoms with E-state index in [4.69, 9.17) is 12.2 Å². The van der Waals surface area contributed by atoms with E-state index in [9.17, 15) is 8.42 Å². The second-order valence-corrected chi connectivity index (χ2v) is 6.34. The number of rotatable bonds is 6. The van der Waals surface area contributed by atoms with Gasteiger partial charge in [-0.3, -0.25) is 0 Å². The van der Waals surface area contributed by atoms with E-state index < -0.39 is 10.0 Å². The van der Waals surface area contributed by atoms with Gasteiger partial charge in [0.2, 0.25) is 10.0 Å². The topological polar surface area (TPSA) is 72.2 Å². The van der Waals surface area contributed by atoms with Gasteiger partial charge in [0.15, 0.2) is 0 Å². The molecule has 0 unspecified atom stereocenters. The Labute approximate surface area is 116 Å². The highest BCUT2D eigenvalue weighted by molar-refractivity contribution is 9.10. The number of hydrogen-bond donors (Lipinski definition) is 2. The number of benzene rings is 1. The lowest BCUT2D eigenvalue weighted by Crippen LogP contribution is -2.25. The van der Waals surface area contributed by atoms with Crippen LogP contribution in [-0.2, 0) is 10.0 Å². The molecule has 0 heterocycles. The predicted octanol–water partition coefficient (Wildman–Crippen LogP) is 2.11. The molecule has 4 nitrogen and oxygen atoms in total. The highest BCUT2D eigenvalue weighted by Crippen LogP contribution is 2.23. The van der Waals surface area contributed by atoms with Crippen molar-refractivity contribution in [3.05, 3.63) is 22.7 Å². The van der Waals surface area contributed by atoms with Crippen LogP contribution >= 0.6 is 15.9 Å². The van der Waals surface area contributed by atoms with Crippen LogP contribution in [0.3, 0.4) is 0 Å². The highest BCUT2D eigenvalue weighted by atomic mass is 79.9. The quantitative estimate of drug-likeness (QED) is 0.476. The lowest BCUT2D eigenvalue weighted by molar-refractivity contribution is 0.577. The smallest absolute Gasteiger partial charge is 0.241 e. The molecule has 0 aromatic heterocycles. The van der Waals surface area contributed by atoms with Crippen LogP contribution in [-0.4, -0.2) is 15.0 Å². The van der Waals surface area contributed by atoms with Crippen LogP contribution in [0.15, 0.2) is 27.6 Å². The van der Waals surface area contributed by atoms with E-state index in [0.29, 0.717) is 29.5 Å². The molecule has 0 atom stereocenters. The second kappa shape index (κ2) is 6.78. The third kappa shape index (κ3) is 4.33. The molecule has 98 valence electrons. The van der Waals surface area contributed by atoms with Gasteiger partial charge in [0, 0.05) is 23.1 Å². The number of anilines is 1. The molecule has 18 heavy (non-hydrogen) atoms. The molecule has 0 saturated heterocycles. The summed E-state index contributed by atoms with van der Waals surface area (Å²) < 4.78 is 27.0. The van der Waals surface area contributed by atoms with Crippen molar-refractivity contribution < 1.29 is 8.42 Å². The summed E-state index contributed by atoms with van der Waals surface area (Å²) >= 11 is 3.20. The molecule has 0 aliphatic heterocycles. The first-order chi connectivity index (χ1) is 8.47. The molecule has 0 aliphatic rings. The Balaban J connectivity index is 2.69. The molecule has 3 N–H and O–H groups in total. The molecule has 1 aromatic rings. The van der Waals surface area contributed by atoms with Crippen molar-refractivity contribution in [3.63, 3.8) is 0 Å². The average molecular weight is 331 g/mol. The molecule has 0 aliphatic carbocycles. The summed E-state index contributed by atoms with van der Waals surface area (Å²) in [6.45, 7) is 0.366. The summed E-state index contributed by atoms with van der Waals surface area (Å²) in [6, 6.07) is 4.67. The van der Waals surface area contributed by atoms with Gasteiger partial charge in [-0.15, -0.1) is 12.3 Å². The van der Waals surface area contributed by atoms with Gasteiger partial charge in [0.25, 0.3) is 0 Å². The summed E-state index contributed by atoms with van der Waals surface area (Å²) in [5.41, 5.74) is 5.99. The third-order valence-corrected chi connectivity index (χ3v) is 4.74. The molecule has 0 radical (unpaired) electrons. The normalized spacial score (nSPS) is 11.1. The fourth-order valence-corrected chi connectivity index (χ4v) is 3.43. The van der Waals surface area contributed by atoms with Gasteiger partial charge >= 0.3 is 0 Å². The minimum absolute atomic E-state index is 0.152. The lowest BCUT2D eigenvalue weighted by Gasteiger charge is -2.08. The van der Waals surface area contributed by atoms with E-state index >= 15 is 0 Å². The number of hydrogen-bond acceptors (Lipinski definition) is 3. The molecular formula is C12H15BrN2O2S. The van der Waals surface area contributed by atoms with E-state index in [0.717, 1.165) is 6.42 Å². The number of nitrogen functional groups attached to an aromatic ring is 1. The third-order valence-electron chi connectivity index (χ3n) is 2.28. The van der Waals surface area contributed by atoms with Crippen molar-refractivity contribution in [2.45, 2.75) is 24.2 Å². The Hall–Kier alpha value is -1.03. The van der Waals surface area contributed by atoms with Gasteiger partial charge in [-0.1, -0.05) is 0 Å². The van der Waals surface area contributed by atoms with Crippen molar-refractivity contribution in [2.75, 3.05) is 12.3 Å². The van der Waals surface area contributed by atoms with Crippen molar-refractivity contribution >= 4 is 31.6 Å². The van der Waals surface area contributed by atoms with Gasteiger partial charge in [-0.05, 0) is 47.0 Å².